The molecule has 7 heteroatoms. The summed E-state index contributed by atoms with van der Waals surface area (Å²) in [5.74, 6) is -0.503. The monoisotopic (exact) mass is 235 g/mol. The zero-order valence-corrected chi connectivity index (χ0v) is 8.80. The molecule has 2 aromatic rings. The summed E-state index contributed by atoms with van der Waals surface area (Å²) >= 11 is 0. The molecule has 2 rings (SSSR count). The predicted octanol–water partition coefficient (Wildman–Crippen LogP) is 0.638. The number of nitrogens with one attached hydrogen (secondary N) is 1. The molecule has 88 valence electrons. The molecule has 0 bridgehead atoms. The van der Waals surface area contributed by atoms with Gasteiger partial charge in [0.05, 0.1) is 6.20 Å². The lowest BCUT2D eigenvalue weighted by molar-refractivity contribution is -0.116. The van der Waals surface area contributed by atoms with Gasteiger partial charge in [0, 0.05) is 5.69 Å². The lowest BCUT2D eigenvalue weighted by Crippen LogP contribution is -2.19. The fourth-order valence-corrected chi connectivity index (χ4v) is 1.30. The Hall–Kier alpha value is -2.44. The largest absolute Gasteiger partial charge is 0.381 e. The molecular formula is C10H10FN5O. The summed E-state index contributed by atoms with van der Waals surface area (Å²) in [4.78, 5) is 11.5. The minimum atomic E-state index is -0.409. The molecule has 1 heterocycles. The molecule has 0 saturated heterocycles. The quantitative estimate of drug-likeness (QED) is 0.817. The third-order valence-corrected chi connectivity index (χ3v) is 1.97. The first-order valence-corrected chi connectivity index (χ1v) is 4.84. The number of rotatable bonds is 3. The van der Waals surface area contributed by atoms with Crippen LogP contribution in [-0.4, -0.2) is 20.9 Å². The van der Waals surface area contributed by atoms with E-state index in [1.165, 1.54) is 29.1 Å². The minimum absolute atomic E-state index is 0.0271. The highest BCUT2D eigenvalue weighted by Gasteiger charge is 2.05. The highest BCUT2D eigenvalue weighted by molar-refractivity contribution is 5.90. The zero-order valence-electron chi connectivity index (χ0n) is 8.80. The van der Waals surface area contributed by atoms with Gasteiger partial charge >= 0.3 is 0 Å². The fraction of sp³-hybridized carbons (Fsp3) is 0.100. The summed E-state index contributed by atoms with van der Waals surface area (Å²) in [7, 11) is 0. The van der Waals surface area contributed by atoms with Crippen LogP contribution in [0.5, 0.6) is 0 Å². The SMILES string of the molecule is Nc1cn(CC(=O)Nc2cccc(F)c2)nn1. The summed E-state index contributed by atoms with van der Waals surface area (Å²) in [5.41, 5.74) is 5.74. The van der Waals surface area contributed by atoms with E-state index in [0.29, 0.717) is 5.69 Å². The lowest BCUT2D eigenvalue weighted by Gasteiger charge is -2.04. The third-order valence-electron chi connectivity index (χ3n) is 1.97. The first kappa shape index (κ1) is 11.1. The van der Waals surface area contributed by atoms with Crippen LogP contribution < -0.4 is 11.1 Å². The lowest BCUT2D eigenvalue weighted by atomic mass is 10.3. The molecule has 0 aliphatic carbocycles. The molecule has 0 aliphatic heterocycles. The van der Waals surface area contributed by atoms with Crippen molar-refractivity contribution in [3.63, 3.8) is 0 Å². The van der Waals surface area contributed by atoms with Crippen molar-refractivity contribution in [1.82, 2.24) is 15.0 Å². The number of nitrogen functional groups attached to an aromatic ring is 1. The molecule has 0 radical (unpaired) electrons. The molecule has 0 aliphatic rings. The first-order chi connectivity index (χ1) is 8.13. The molecule has 0 saturated carbocycles. The maximum atomic E-state index is 12.9. The van der Waals surface area contributed by atoms with Crippen LogP contribution >= 0.6 is 0 Å². The van der Waals surface area contributed by atoms with Crippen molar-refractivity contribution in [3.05, 3.63) is 36.3 Å². The van der Waals surface area contributed by atoms with Gasteiger partial charge in [0.1, 0.15) is 12.4 Å². The highest BCUT2D eigenvalue weighted by Crippen LogP contribution is 2.08. The Morgan fingerprint density at radius 1 is 1.53 bits per heavy atom. The van der Waals surface area contributed by atoms with E-state index in [2.05, 4.69) is 15.6 Å². The minimum Gasteiger partial charge on any atom is -0.381 e. The van der Waals surface area contributed by atoms with Crippen LogP contribution in [0.4, 0.5) is 15.9 Å². The van der Waals surface area contributed by atoms with Crippen LogP contribution in [0.15, 0.2) is 30.5 Å². The molecule has 6 nitrogen and oxygen atoms in total. The summed E-state index contributed by atoms with van der Waals surface area (Å²) < 4.78 is 14.1. The van der Waals surface area contributed by atoms with E-state index in [-0.39, 0.29) is 18.3 Å². The number of nitrogens with zero attached hydrogens (tertiary/aromatic N) is 3. The smallest absolute Gasteiger partial charge is 0.246 e. The predicted molar refractivity (Wildman–Crippen MR) is 59.5 cm³/mol. The first-order valence-electron chi connectivity index (χ1n) is 4.84. The Morgan fingerprint density at radius 3 is 3.00 bits per heavy atom. The van der Waals surface area contributed by atoms with Gasteiger partial charge < -0.3 is 11.1 Å². The van der Waals surface area contributed by atoms with Crippen LogP contribution in [0, 0.1) is 5.82 Å². The fourth-order valence-electron chi connectivity index (χ4n) is 1.30. The van der Waals surface area contributed by atoms with Gasteiger partial charge in [-0.3, -0.25) is 4.79 Å². The second kappa shape index (κ2) is 4.60. The maximum Gasteiger partial charge on any atom is 0.246 e. The number of hydrogen-bond donors (Lipinski definition) is 2. The Balaban J connectivity index is 1.98. The van der Waals surface area contributed by atoms with E-state index in [1.54, 1.807) is 6.07 Å². The van der Waals surface area contributed by atoms with E-state index in [0.717, 1.165) is 0 Å². The van der Waals surface area contributed by atoms with E-state index in [9.17, 15) is 9.18 Å². The highest BCUT2D eigenvalue weighted by atomic mass is 19.1. The van der Waals surface area contributed by atoms with E-state index in [4.69, 9.17) is 5.73 Å². The molecule has 1 aromatic heterocycles. The number of hydrogen-bond acceptors (Lipinski definition) is 4. The van der Waals surface area contributed by atoms with Gasteiger partial charge in [-0.25, -0.2) is 9.07 Å². The summed E-state index contributed by atoms with van der Waals surface area (Å²) in [6, 6.07) is 5.64. The van der Waals surface area contributed by atoms with Crippen LogP contribution in [0.3, 0.4) is 0 Å². The number of nitrogens with two attached hydrogens (primary N) is 1. The number of aromatic nitrogens is 3. The zero-order chi connectivity index (χ0) is 12.3. The van der Waals surface area contributed by atoms with Crippen molar-refractivity contribution in [3.8, 4) is 0 Å². The number of carbonyl (C=O) groups is 1. The number of amides is 1. The number of anilines is 2. The van der Waals surface area contributed by atoms with Gasteiger partial charge in [-0.05, 0) is 18.2 Å². The van der Waals surface area contributed by atoms with Gasteiger partial charge in [0.25, 0.3) is 0 Å². The molecule has 0 atom stereocenters. The van der Waals surface area contributed by atoms with Crippen LogP contribution in [0.2, 0.25) is 0 Å². The molecule has 1 aromatic carbocycles. The van der Waals surface area contributed by atoms with E-state index < -0.39 is 5.82 Å². The number of benzene rings is 1. The molecule has 17 heavy (non-hydrogen) atoms. The van der Waals surface area contributed by atoms with Gasteiger partial charge in [0.15, 0.2) is 5.82 Å². The van der Waals surface area contributed by atoms with Crippen molar-refractivity contribution >= 4 is 17.4 Å². The average Bonchev–Trinajstić information content (AvgIpc) is 2.63. The standard InChI is InChI=1S/C10H10FN5O/c11-7-2-1-3-8(4-7)13-10(17)6-16-5-9(12)14-15-16/h1-5H,6,12H2,(H,13,17). The molecule has 0 unspecified atom stereocenters. The Labute approximate surface area is 96.2 Å². The second-order valence-corrected chi connectivity index (χ2v) is 3.40. The second-order valence-electron chi connectivity index (χ2n) is 3.40. The molecule has 0 fully saturated rings. The van der Waals surface area contributed by atoms with Gasteiger partial charge in [-0.15, -0.1) is 5.10 Å². The van der Waals surface area contributed by atoms with E-state index >= 15 is 0 Å². The molecule has 0 spiro atoms. The van der Waals surface area contributed by atoms with Crippen molar-refractivity contribution in [2.75, 3.05) is 11.1 Å². The van der Waals surface area contributed by atoms with Gasteiger partial charge in [-0.2, -0.15) is 0 Å². The van der Waals surface area contributed by atoms with Crippen molar-refractivity contribution in [2.45, 2.75) is 6.54 Å². The maximum absolute atomic E-state index is 12.9. The summed E-state index contributed by atoms with van der Waals surface area (Å²) in [6.07, 6.45) is 1.44. The van der Waals surface area contributed by atoms with Crippen molar-refractivity contribution in [2.24, 2.45) is 0 Å². The Bertz CT molecular complexity index is 539. The van der Waals surface area contributed by atoms with Crippen LogP contribution in [-0.2, 0) is 11.3 Å². The third kappa shape index (κ3) is 3.00. The number of halogens is 1. The summed E-state index contributed by atoms with van der Waals surface area (Å²) in [5, 5.41) is 9.70. The van der Waals surface area contributed by atoms with Gasteiger partial charge in [-0.1, -0.05) is 11.3 Å². The topological polar surface area (TPSA) is 85.8 Å². The normalized spacial score (nSPS) is 10.2. The molecule has 3 N–H and O–H groups in total. The number of carbonyl (C=O) groups excluding carboxylic acids is 1. The van der Waals surface area contributed by atoms with E-state index in [1.807, 2.05) is 0 Å². The molecule has 1 amide bonds. The molecular weight excluding hydrogens is 225 g/mol. The Kier molecular flexibility index (Phi) is 2.99. The van der Waals surface area contributed by atoms with Crippen LogP contribution in [0.1, 0.15) is 0 Å². The van der Waals surface area contributed by atoms with Crippen molar-refractivity contribution < 1.29 is 9.18 Å². The average molecular weight is 235 g/mol. The Morgan fingerprint density at radius 2 is 2.35 bits per heavy atom. The van der Waals surface area contributed by atoms with Crippen LogP contribution in [0.25, 0.3) is 0 Å². The summed E-state index contributed by atoms with van der Waals surface area (Å²) in [6.45, 7) is -0.0271. The van der Waals surface area contributed by atoms with Crippen molar-refractivity contribution in [1.29, 1.82) is 0 Å². The van der Waals surface area contributed by atoms with Gasteiger partial charge in [0.2, 0.25) is 5.91 Å².